The third-order valence-corrected chi connectivity index (χ3v) is 5.06. The normalized spacial score (nSPS) is 16.0. The lowest BCUT2D eigenvalue weighted by Gasteiger charge is -2.26. The Labute approximate surface area is 161 Å². The lowest BCUT2D eigenvalue weighted by Crippen LogP contribution is -2.34. The zero-order chi connectivity index (χ0) is 18.5. The van der Waals surface area contributed by atoms with Gasteiger partial charge in [-0.05, 0) is 42.5 Å². The van der Waals surface area contributed by atoms with E-state index >= 15 is 0 Å². The molecule has 0 fully saturated rings. The van der Waals surface area contributed by atoms with Crippen LogP contribution in [0.25, 0.3) is 0 Å². The van der Waals surface area contributed by atoms with Gasteiger partial charge in [-0.3, -0.25) is 4.79 Å². The second-order valence-electron chi connectivity index (χ2n) is 6.37. The molecule has 1 amide bonds. The summed E-state index contributed by atoms with van der Waals surface area (Å²) >= 11 is 3.33. The molecule has 3 rings (SSSR count). The molecule has 3 N–H and O–H groups in total. The van der Waals surface area contributed by atoms with Gasteiger partial charge in [-0.1, -0.05) is 40.2 Å². The van der Waals surface area contributed by atoms with E-state index in [2.05, 4.69) is 33.4 Å². The van der Waals surface area contributed by atoms with Crippen molar-refractivity contribution in [2.45, 2.75) is 38.5 Å². The maximum absolute atomic E-state index is 12.4. The maximum Gasteiger partial charge on any atom is 0.258 e. The predicted octanol–water partition coefficient (Wildman–Crippen LogP) is 3.01. The molecule has 6 heteroatoms. The summed E-state index contributed by atoms with van der Waals surface area (Å²) in [5.74, 6) is 0.139. The maximum atomic E-state index is 12.4. The Kier molecular flexibility index (Phi) is 6.29. The van der Waals surface area contributed by atoms with Gasteiger partial charge >= 0.3 is 0 Å². The van der Waals surface area contributed by atoms with Gasteiger partial charge in [0.25, 0.3) is 5.91 Å². The van der Waals surface area contributed by atoms with E-state index in [1.54, 1.807) is 12.1 Å². The fraction of sp³-hybridized carbons (Fsp3) is 0.350. The standard InChI is InChI=1S/C20H22BrNO4/c21-16-8-14(10-23)20(15(9-16)11-24)26-12-19(25)22-18-7-3-5-13-4-1-2-6-17(13)18/h1-2,4,6,8-9,18,23-24H,3,5,7,10-12H2,(H,22,25)/t18-/m0/s1. The summed E-state index contributed by atoms with van der Waals surface area (Å²) in [6.07, 6.45) is 2.99. The first-order chi connectivity index (χ1) is 12.6. The Hall–Kier alpha value is -1.89. The first-order valence-electron chi connectivity index (χ1n) is 8.65. The van der Waals surface area contributed by atoms with Gasteiger partial charge in [0, 0.05) is 15.6 Å². The number of ether oxygens (including phenoxy) is 1. The van der Waals surface area contributed by atoms with Crippen LogP contribution in [0.1, 0.15) is 41.1 Å². The lowest BCUT2D eigenvalue weighted by molar-refractivity contribution is -0.124. The monoisotopic (exact) mass is 419 g/mol. The molecule has 0 bridgehead atoms. The van der Waals surface area contributed by atoms with Crippen LogP contribution in [0.5, 0.6) is 5.75 Å². The molecule has 1 aliphatic carbocycles. The van der Waals surface area contributed by atoms with Crippen molar-refractivity contribution in [2.24, 2.45) is 0 Å². The molecule has 1 atom stereocenters. The van der Waals surface area contributed by atoms with Crippen molar-refractivity contribution in [3.63, 3.8) is 0 Å². The predicted molar refractivity (Wildman–Crippen MR) is 102 cm³/mol. The van der Waals surface area contributed by atoms with Crippen LogP contribution in [0.2, 0.25) is 0 Å². The molecular formula is C20H22BrNO4. The molecule has 0 aliphatic heterocycles. The Balaban J connectivity index is 1.67. The molecule has 5 nitrogen and oxygen atoms in total. The first-order valence-corrected chi connectivity index (χ1v) is 9.44. The van der Waals surface area contributed by atoms with E-state index in [4.69, 9.17) is 4.74 Å². The van der Waals surface area contributed by atoms with Gasteiger partial charge in [-0.2, -0.15) is 0 Å². The molecule has 1 aliphatic rings. The largest absolute Gasteiger partial charge is 0.483 e. The molecule has 0 spiro atoms. The van der Waals surface area contributed by atoms with Gasteiger partial charge in [-0.15, -0.1) is 0 Å². The number of nitrogens with one attached hydrogen (secondary N) is 1. The number of amides is 1. The van der Waals surface area contributed by atoms with Crippen molar-refractivity contribution in [1.82, 2.24) is 5.32 Å². The molecular weight excluding hydrogens is 398 g/mol. The number of aryl methyl sites for hydroxylation is 1. The van der Waals surface area contributed by atoms with Crippen molar-refractivity contribution >= 4 is 21.8 Å². The van der Waals surface area contributed by atoms with E-state index < -0.39 is 0 Å². The quantitative estimate of drug-likeness (QED) is 0.672. The third kappa shape index (κ3) is 4.26. The number of fused-ring (bicyclic) bond motifs is 1. The Morgan fingerprint density at radius 3 is 2.58 bits per heavy atom. The lowest BCUT2D eigenvalue weighted by atomic mass is 9.88. The molecule has 2 aromatic carbocycles. The fourth-order valence-corrected chi connectivity index (χ4v) is 3.96. The van der Waals surface area contributed by atoms with Crippen LogP contribution in [0.15, 0.2) is 40.9 Å². The summed E-state index contributed by atoms with van der Waals surface area (Å²) in [5, 5.41) is 22.1. The van der Waals surface area contributed by atoms with E-state index in [1.807, 2.05) is 12.1 Å². The van der Waals surface area contributed by atoms with E-state index in [1.165, 1.54) is 11.1 Å². The summed E-state index contributed by atoms with van der Waals surface area (Å²) in [5.41, 5.74) is 3.50. The van der Waals surface area contributed by atoms with Crippen molar-refractivity contribution in [1.29, 1.82) is 0 Å². The fourth-order valence-electron chi connectivity index (χ4n) is 3.41. The van der Waals surface area contributed by atoms with Crippen molar-refractivity contribution in [3.8, 4) is 5.75 Å². The highest BCUT2D eigenvalue weighted by molar-refractivity contribution is 9.10. The van der Waals surface area contributed by atoms with Gasteiger partial charge in [-0.25, -0.2) is 0 Å². The SMILES string of the molecule is O=C(COc1c(CO)cc(Br)cc1CO)N[C@H]1CCCc2ccccc21. The molecule has 0 saturated carbocycles. The third-order valence-electron chi connectivity index (χ3n) is 4.60. The van der Waals surface area contributed by atoms with Crippen molar-refractivity contribution in [3.05, 3.63) is 63.1 Å². The minimum Gasteiger partial charge on any atom is -0.483 e. The summed E-state index contributed by atoms with van der Waals surface area (Å²) in [6, 6.07) is 11.6. The molecule has 138 valence electrons. The van der Waals surface area contributed by atoms with Crippen molar-refractivity contribution in [2.75, 3.05) is 6.61 Å². The Bertz CT molecular complexity index is 768. The minimum absolute atomic E-state index is 0.00408. The van der Waals surface area contributed by atoms with Crippen LogP contribution in [0.3, 0.4) is 0 Å². The Morgan fingerprint density at radius 1 is 1.19 bits per heavy atom. The summed E-state index contributed by atoms with van der Waals surface area (Å²) < 4.78 is 6.38. The molecule has 0 saturated heterocycles. The van der Waals surface area contributed by atoms with Gasteiger partial charge in [0.05, 0.1) is 19.3 Å². The van der Waals surface area contributed by atoms with Crippen LogP contribution < -0.4 is 10.1 Å². The highest BCUT2D eigenvalue weighted by atomic mass is 79.9. The van der Waals surface area contributed by atoms with Crippen LogP contribution >= 0.6 is 15.9 Å². The van der Waals surface area contributed by atoms with Gasteiger partial charge in [0.2, 0.25) is 0 Å². The van der Waals surface area contributed by atoms with E-state index in [0.717, 1.165) is 23.7 Å². The average Bonchev–Trinajstić information content (AvgIpc) is 2.66. The average molecular weight is 420 g/mol. The number of hydrogen-bond acceptors (Lipinski definition) is 4. The van der Waals surface area contributed by atoms with E-state index in [0.29, 0.717) is 16.9 Å². The van der Waals surface area contributed by atoms with Crippen LogP contribution in [-0.4, -0.2) is 22.7 Å². The zero-order valence-corrected chi connectivity index (χ0v) is 16.0. The molecule has 2 aromatic rings. The molecule has 0 radical (unpaired) electrons. The number of aliphatic hydroxyl groups excluding tert-OH is 2. The number of benzene rings is 2. The summed E-state index contributed by atoms with van der Waals surface area (Å²) in [4.78, 5) is 12.4. The zero-order valence-electron chi connectivity index (χ0n) is 14.4. The number of carbonyl (C=O) groups is 1. The second kappa shape index (κ2) is 8.66. The van der Waals surface area contributed by atoms with Gasteiger partial charge < -0.3 is 20.3 Å². The topological polar surface area (TPSA) is 78.8 Å². The molecule has 0 aromatic heterocycles. The van der Waals surface area contributed by atoms with Gasteiger partial charge in [0.1, 0.15) is 5.75 Å². The number of rotatable bonds is 6. The van der Waals surface area contributed by atoms with Crippen LogP contribution in [0.4, 0.5) is 0 Å². The highest BCUT2D eigenvalue weighted by Crippen LogP contribution is 2.30. The van der Waals surface area contributed by atoms with Crippen LogP contribution in [-0.2, 0) is 24.4 Å². The minimum atomic E-state index is -0.237. The smallest absolute Gasteiger partial charge is 0.258 e. The Morgan fingerprint density at radius 2 is 1.88 bits per heavy atom. The number of aliphatic hydroxyl groups is 2. The number of carbonyl (C=O) groups excluding carboxylic acids is 1. The molecule has 26 heavy (non-hydrogen) atoms. The number of halogens is 1. The molecule has 0 unspecified atom stereocenters. The van der Waals surface area contributed by atoms with Crippen LogP contribution in [0, 0.1) is 0 Å². The van der Waals surface area contributed by atoms with Crippen molar-refractivity contribution < 1.29 is 19.7 Å². The van der Waals surface area contributed by atoms with Gasteiger partial charge in [0.15, 0.2) is 6.61 Å². The summed E-state index contributed by atoms with van der Waals surface area (Å²) in [7, 11) is 0. The first kappa shape index (κ1) is 18.9. The highest BCUT2D eigenvalue weighted by Gasteiger charge is 2.22. The van der Waals surface area contributed by atoms with E-state index in [9.17, 15) is 15.0 Å². The van der Waals surface area contributed by atoms with E-state index in [-0.39, 0.29) is 31.8 Å². The molecule has 0 heterocycles. The summed E-state index contributed by atoms with van der Waals surface area (Å²) in [6.45, 7) is -0.640. The number of hydrogen-bond donors (Lipinski definition) is 3. The second-order valence-corrected chi connectivity index (χ2v) is 7.28.